The van der Waals surface area contributed by atoms with Crippen molar-refractivity contribution in [2.24, 2.45) is 0 Å². The van der Waals surface area contributed by atoms with Crippen LogP contribution in [0.5, 0.6) is 5.75 Å². The highest BCUT2D eigenvalue weighted by molar-refractivity contribution is 5.97. The fraction of sp³-hybridized carbons (Fsp3) is 0.286. The van der Waals surface area contributed by atoms with Gasteiger partial charge in [-0.1, -0.05) is 6.07 Å². The van der Waals surface area contributed by atoms with Gasteiger partial charge in [-0.3, -0.25) is 4.79 Å². The van der Waals surface area contributed by atoms with Crippen LogP contribution >= 0.6 is 0 Å². The number of esters is 1. The number of aryl methyl sites for hydroxylation is 1. The molecule has 0 aliphatic rings. The number of amides is 1. The molecule has 0 atom stereocenters. The first-order chi connectivity index (χ1) is 13.5. The first-order valence-electron chi connectivity index (χ1n) is 8.79. The second-order valence-corrected chi connectivity index (χ2v) is 5.92. The van der Waals surface area contributed by atoms with E-state index < -0.39 is 24.3 Å². The lowest BCUT2D eigenvalue weighted by atomic mass is 10.1. The third kappa shape index (κ3) is 5.55. The van der Waals surface area contributed by atoms with Crippen LogP contribution in [0.3, 0.4) is 0 Å². The van der Waals surface area contributed by atoms with Gasteiger partial charge >= 0.3 is 5.97 Å². The minimum atomic E-state index is -0.792. The SMILES string of the molecule is CCOc1ccc(N(CCC#N)C(=O)COC(=O)c2ccc(C)c(F)c2)cc1. The number of benzene rings is 2. The van der Waals surface area contributed by atoms with Crippen molar-refractivity contribution in [1.82, 2.24) is 0 Å². The number of anilines is 1. The van der Waals surface area contributed by atoms with Gasteiger partial charge in [-0.25, -0.2) is 9.18 Å². The highest BCUT2D eigenvalue weighted by Gasteiger charge is 2.19. The van der Waals surface area contributed by atoms with Gasteiger partial charge in [-0.05, 0) is 55.8 Å². The molecule has 1 amide bonds. The molecule has 0 saturated heterocycles. The van der Waals surface area contributed by atoms with Crippen molar-refractivity contribution in [3.63, 3.8) is 0 Å². The Hall–Kier alpha value is -3.40. The van der Waals surface area contributed by atoms with Gasteiger partial charge in [0.2, 0.25) is 0 Å². The van der Waals surface area contributed by atoms with Crippen LogP contribution in [0.25, 0.3) is 0 Å². The third-order valence-corrected chi connectivity index (χ3v) is 3.94. The summed E-state index contributed by atoms with van der Waals surface area (Å²) in [6.07, 6.45) is 0.121. The summed E-state index contributed by atoms with van der Waals surface area (Å²) in [4.78, 5) is 26.0. The number of nitriles is 1. The van der Waals surface area contributed by atoms with Crippen molar-refractivity contribution in [1.29, 1.82) is 5.26 Å². The Morgan fingerprint density at radius 2 is 1.89 bits per heavy atom. The van der Waals surface area contributed by atoms with Crippen molar-refractivity contribution in [2.45, 2.75) is 20.3 Å². The van der Waals surface area contributed by atoms with Gasteiger partial charge in [-0.2, -0.15) is 5.26 Å². The molecule has 0 N–H and O–H groups in total. The predicted molar refractivity (Wildman–Crippen MR) is 102 cm³/mol. The van der Waals surface area contributed by atoms with E-state index in [0.717, 1.165) is 6.07 Å². The Kier molecular flexibility index (Phi) is 7.52. The monoisotopic (exact) mass is 384 g/mol. The number of hydrogen-bond acceptors (Lipinski definition) is 5. The van der Waals surface area contributed by atoms with E-state index in [4.69, 9.17) is 14.7 Å². The summed E-state index contributed by atoms with van der Waals surface area (Å²) in [6.45, 7) is 3.60. The Labute approximate surface area is 163 Å². The minimum absolute atomic E-state index is 0.0283. The summed E-state index contributed by atoms with van der Waals surface area (Å²) >= 11 is 0. The fourth-order valence-electron chi connectivity index (χ4n) is 2.46. The van der Waals surface area contributed by atoms with E-state index in [-0.39, 0.29) is 18.5 Å². The quantitative estimate of drug-likeness (QED) is 0.649. The topological polar surface area (TPSA) is 79.6 Å². The maximum absolute atomic E-state index is 13.6. The van der Waals surface area contributed by atoms with Crippen LogP contribution in [0, 0.1) is 24.1 Å². The summed E-state index contributed by atoms with van der Waals surface area (Å²) in [7, 11) is 0. The van der Waals surface area contributed by atoms with E-state index in [2.05, 4.69) is 0 Å². The molecule has 0 radical (unpaired) electrons. The lowest BCUT2D eigenvalue weighted by Crippen LogP contribution is -2.35. The molecule has 28 heavy (non-hydrogen) atoms. The van der Waals surface area contributed by atoms with E-state index in [1.165, 1.54) is 17.0 Å². The number of rotatable bonds is 8. The van der Waals surface area contributed by atoms with Gasteiger partial charge in [0.05, 0.1) is 24.7 Å². The molecule has 0 aliphatic heterocycles. The normalized spacial score (nSPS) is 10.1. The maximum atomic E-state index is 13.6. The Morgan fingerprint density at radius 1 is 1.18 bits per heavy atom. The summed E-state index contributed by atoms with van der Waals surface area (Å²) in [5.41, 5.74) is 0.993. The van der Waals surface area contributed by atoms with Gasteiger partial charge < -0.3 is 14.4 Å². The molecule has 0 spiro atoms. The zero-order chi connectivity index (χ0) is 20.5. The molecule has 146 valence electrons. The zero-order valence-corrected chi connectivity index (χ0v) is 15.8. The summed E-state index contributed by atoms with van der Waals surface area (Å²) in [6, 6.07) is 12.8. The van der Waals surface area contributed by atoms with Crippen LogP contribution in [0.2, 0.25) is 0 Å². The Bertz CT molecular complexity index is 875. The van der Waals surface area contributed by atoms with Gasteiger partial charge in [0, 0.05) is 12.2 Å². The second kappa shape index (κ2) is 10.1. The van der Waals surface area contributed by atoms with Crippen molar-refractivity contribution >= 4 is 17.6 Å². The average Bonchev–Trinajstić information content (AvgIpc) is 2.70. The molecule has 0 aromatic heterocycles. The van der Waals surface area contributed by atoms with Crippen molar-refractivity contribution in [3.05, 3.63) is 59.4 Å². The molecule has 0 saturated carbocycles. The van der Waals surface area contributed by atoms with Gasteiger partial charge in [0.25, 0.3) is 5.91 Å². The van der Waals surface area contributed by atoms with Crippen LogP contribution in [-0.4, -0.2) is 31.6 Å². The molecule has 2 rings (SSSR count). The van der Waals surface area contributed by atoms with Gasteiger partial charge in [0.1, 0.15) is 11.6 Å². The highest BCUT2D eigenvalue weighted by Crippen LogP contribution is 2.20. The number of halogens is 1. The lowest BCUT2D eigenvalue weighted by Gasteiger charge is -2.22. The molecular formula is C21H21FN2O4. The van der Waals surface area contributed by atoms with Crippen molar-refractivity contribution < 1.29 is 23.5 Å². The molecule has 6 nitrogen and oxygen atoms in total. The molecule has 2 aromatic carbocycles. The maximum Gasteiger partial charge on any atom is 0.338 e. The standard InChI is InChI=1S/C21H21FN2O4/c1-3-27-18-9-7-17(8-10-18)24(12-4-11-23)20(25)14-28-21(26)16-6-5-15(2)19(22)13-16/h5-10,13H,3-4,12,14H2,1-2H3. The molecule has 2 aromatic rings. The molecule has 0 bridgehead atoms. The van der Waals surface area contributed by atoms with Crippen LogP contribution in [0.4, 0.5) is 10.1 Å². The van der Waals surface area contributed by atoms with Crippen LogP contribution < -0.4 is 9.64 Å². The van der Waals surface area contributed by atoms with E-state index in [1.54, 1.807) is 31.2 Å². The highest BCUT2D eigenvalue weighted by atomic mass is 19.1. The number of ether oxygens (including phenoxy) is 2. The van der Waals surface area contributed by atoms with Crippen LogP contribution in [-0.2, 0) is 9.53 Å². The number of nitrogens with zero attached hydrogens (tertiary/aromatic N) is 2. The fourth-order valence-corrected chi connectivity index (χ4v) is 2.46. The molecule has 7 heteroatoms. The van der Waals surface area contributed by atoms with Gasteiger partial charge in [-0.15, -0.1) is 0 Å². The minimum Gasteiger partial charge on any atom is -0.494 e. The van der Waals surface area contributed by atoms with E-state index >= 15 is 0 Å². The van der Waals surface area contributed by atoms with Crippen molar-refractivity contribution in [2.75, 3.05) is 24.7 Å². The van der Waals surface area contributed by atoms with Crippen LogP contribution in [0.15, 0.2) is 42.5 Å². The number of carbonyl (C=O) groups excluding carboxylic acids is 2. The van der Waals surface area contributed by atoms with E-state index in [9.17, 15) is 14.0 Å². The average molecular weight is 384 g/mol. The molecule has 0 heterocycles. The summed E-state index contributed by atoms with van der Waals surface area (Å²) in [5.74, 6) is -1.14. The van der Waals surface area contributed by atoms with Gasteiger partial charge in [0.15, 0.2) is 6.61 Å². The number of carbonyl (C=O) groups is 2. The molecular weight excluding hydrogens is 363 g/mol. The first kappa shape index (κ1) is 20.9. The summed E-state index contributed by atoms with van der Waals surface area (Å²) < 4.78 is 24.0. The molecule has 0 unspecified atom stereocenters. The Balaban J connectivity index is 2.06. The molecule has 0 aliphatic carbocycles. The smallest absolute Gasteiger partial charge is 0.338 e. The Morgan fingerprint density at radius 3 is 2.50 bits per heavy atom. The number of hydrogen-bond donors (Lipinski definition) is 0. The van der Waals surface area contributed by atoms with E-state index in [0.29, 0.717) is 23.6 Å². The second-order valence-electron chi connectivity index (χ2n) is 5.92. The van der Waals surface area contributed by atoms with Crippen LogP contribution in [0.1, 0.15) is 29.3 Å². The van der Waals surface area contributed by atoms with E-state index in [1.807, 2.05) is 13.0 Å². The molecule has 0 fully saturated rings. The lowest BCUT2D eigenvalue weighted by molar-refractivity contribution is -0.121. The first-order valence-corrected chi connectivity index (χ1v) is 8.79. The zero-order valence-electron chi connectivity index (χ0n) is 15.8. The largest absolute Gasteiger partial charge is 0.494 e. The predicted octanol–water partition coefficient (Wildman–Crippen LogP) is 3.64. The van der Waals surface area contributed by atoms with Crippen molar-refractivity contribution in [3.8, 4) is 11.8 Å². The summed E-state index contributed by atoms with van der Waals surface area (Å²) in [5, 5.41) is 8.84. The third-order valence-electron chi connectivity index (χ3n) is 3.94.